The van der Waals surface area contributed by atoms with Crippen molar-refractivity contribution in [2.75, 3.05) is 11.1 Å². The fraction of sp³-hybridized carbons (Fsp3) is 0. The van der Waals surface area contributed by atoms with Crippen molar-refractivity contribution < 1.29 is 4.79 Å². The molecule has 2 aromatic carbocycles. The Balaban J connectivity index is 2.09. The zero-order valence-electron chi connectivity index (χ0n) is 11.2. The van der Waals surface area contributed by atoms with Crippen LogP contribution in [0.15, 0.2) is 54.7 Å². The average Bonchev–Trinajstić information content (AvgIpc) is 2.49. The Morgan fingerprint density at radius 3 is 2.71 bits per heavy atom. The standard InChI is InChI=1S/C16H14N4O/c17-10-6-7-15(12(9-10)16(18)21)20-14-5-1-4-13-11(14)3-2-8-19-13/h1-9,20H,17H2,(H2,18,21). The molecule has 0 aliphatic rings. The maximum atomic E-state index is 11.5. The number of rotatable bonds is 3. The summed E-state index contributed by atoms with van der Waals surface area (Å²) >= 11 is 0. The number of pyridine rings is 1. The number of nitrogen functional groups attached to an aromatic ring is 1. The number of hydrogen-bond donors (Lipinski definition) is 3. The Hall–Kier alpha value is -3.08. The molecule has 1 amide bonds. The molecule has 0 radical (unpaired) electrons. The molecule has 1 heterocycles. The average molecular weight is 278 g/mol. The molecule has 0 saturated heterocycles. The molecule has 3 aromatic rings. The number of amides is 1. The second-order valence-electron chi connectivity index (χ2n) is 4.67. The highest BCUT2D eigenvalue weighted by molar-refractivity contribution is 6.02. The SMILES string of the molecule is NC(=O)c1cc(N)ccc1Nc1cccc2ncccc12. The predicted molar refractivity (Wildman–Crippen MR) is 84.4 cm³/mol. The van der Waals surface area contributed by atoms with Crippen molar-refractivity contribution in [2.24, 2.45) is 5.73 Å². The third kappa shape index (κ3) is 2.49. The first-order valence-corrected chi connectivity index (χ1v) is 6.45. The van der Waals surface area contributed by atoms with Gasteiger partial charge in [-0.1, -0.05) is 6.07 Å². The normalized spacial score (nSPS) is 10.5. The Kier molecular flexibility index (Phi) is 3.16. The number of carbonyl (C=O) groups excluding carboxylic acids is 1. The van der Waals surface area contributed by atoms with E-state index in [0.717, 1.165) is 16.6 Å². The van der Waals surface area contributed by atoms with Crippen LogP contribution < -0.4 is 16.8 Å². The molecule has 1 aromatic heterocycles. The number of fused-ring (bicyclic) bond motifs is 1. The number of primary amides is 1. The summed E-state index contributed by atoms with van der Waals surface area (Å²) in [5.41, 5.74) is 14.3. The van der Waals surface area contributed by atoms with E-state index in [-0.39, 0.29) is 0 Å². The van der Waals surface area contributed by atoms with Crippen LogP contribution in [-0.4, -0.2) is 10.9 Å². The van der Waals surface area contributed by atoms with Crippen LogP contribution in [0.4, 0.5) is 17.1 Å². The molecule has 0 atom stereocenters. The molecule has 5 heteroatoms. The minimum Gasteiger partial charge on any atom is -0.399 e. The van der Waals surface area contributed by atoms with Gasteiger partial charge in [0.25, 0.3) is 5.91 Å². The second-order valence-corrected chi connectivity index (χ2v) is 4.67. The van der Waals surface area contributed by atoms with Gasteiger partial charge in [-0.15, -0.1) is 0 Å². The Bertz CT molecular complexity index is 824. The molecule has 0 aliphatic heterocycles. The van der Waals surface area contributed by atoms with Crippen LogP contribution in [0.2, 0.25) is 0 Å². The molecular formula is C16H14N4O. The van der Waals surface area contributed by atoms with Crippen LogP contribution in [0.1, 0.15) is 10.4 Å². The molecule has 5 nitrogen and oxygen atoms in total. The predicted octanol–water partition coefficient (Wildman–Crippen LogP) is 2.66. The lowest BCUT2D eigenvalue weighted by atomic mass is 10.1. The lowest BCUT2D eigenvalue weighted by Crippen LogP contribution is -2.13. The Morgan fingerprint density at radius 1 is 1.05 bits per heavy atom. The lowest BCUT2D eigenvalue weighted by Gasteiger charge is -2.12. The summed E-state index contributed by atoms with van der Waals surface area (Å²) in [6.45, 7) is 0. The van der Waals surface area contributed by atoms with Gasteiger partial charge in [-0.2, -0.15) is 0 Å². The van der Waals surface area contributed by atoms with Crippen LogP contribution in [-0.2, 0) is 0 Å². The third-order valence-electron chi connectivity index (χ3n) is 3.22. The number of hydrogen-bond acceptors (Lipinski definition) is 4. The van der Waals surface area contributed by atoms with Gasteiger partial charge in [0.2, 0.25) is 0 Å². The van der Waals surface area contributed by atoms with Crippen LogP contribution in [0.25, 0.3) is 10.9 Å². The van der Waals surface area contributed by atoms with Gasteiger partial charge in [0.1, 0.15) is 0 Å². The summed E-state index contributed by atoms with van der Waals surface area (Å²) in [7, 11) is 0. The van der Waals surface area contributed by atoms with Crippen molar-refractivity contribution in [1.82, 2.24) is 4.98 Å². The van der Waals surface area contributed by atoms with Gasteiger partial charge in [0, 0.05) is 23.0 Å². The number of benzene rings is 2. The third-order valence-corrected chi connectivity index (χ3v) is 3.22. The topological polar surface area (TPSA) is 94.0 Å². The molecule has 0 fully saturated rings. The van der Waals surface area contributed by atoms with Crippen molar-refractivity contribution in [3.8, 4) is 0 Å². The van der Waals surface area contributed by atoms with E-state index in [1.807, 2.05) is 30.3 Å². The smallest absolute Gasteiger partial charge is 0.250 e. The van der Waals surface area contributed by atoms with Crippen molar-refractivity contribution in [3.63, 3.8) is 0 Å². The lowest BCUT2D eigenvalue weighted by molar-refractivity contribution is 0.100. The molecule has 21 heavy (non-hydrogen) atoms. The van der Waals surface area contributed by atoms with Crippen LogP contribution >= 0.6 is 0 Å². The van der Waals surface area contributed by atoms with Gasteiger partial charge in [-0.3, -0.25) is 9.78 Å². The maximum absolute atomic E-state index is 11.5. The van der Waals surface area contributed by atoms with E-state index in [2.05, 4.69) is 10.3 Å². The van der Waals surface area contributed by atoms with E-state index in [4.69, 9.17) is 11.5 Å². The summed E-state index contributed by atoms with van der Waals surface area (Å²) in [6.07, 6.45) is 1.74. The first kappa shape index (κ1) is 12.9. The molecule has 0 saturated carbocycles. The fourth-order valence-corrected chi connectivity index (χ4v) is 2.23. The van der Waals surface area contributed by atoms with Crippen LogP contribution in [0.3, 0.4) is 0 Å². The van der Waals surface area contributed by atoms with E-state index < -0.39 is 5.91 Å². The van der Waals surface area contributed by atoms with E-state index in [9.17, 15) is 4.79 Å². The maximum Gasteiger partial charge on any atom is 0.250 e. The van der Waals surface area contributed by atoms with Crippen LogP contribution in [0.5, 0.6) is 0 Å². The van der Waals surface area contributed by atoms with Crippen molar-refractivity contribution >= 4 is 33.9 Å². The summed E-state index contributed by atoms with van der Waals surface area (Å²) in [6, 6.07) is 14.6. The number of aromatic nitrogens is 1. The number of anilines is 3. The minimum absolute atomic E-state index is 0.357. The first-order chi connectivity index (χ1) is 10.1. The first-order valence-electron chi connectivity index (χ1n) is 6.45. The highest BCUT2D eigenvalue weighted by atomic mass is 16.1. The van der Waals surface area contributed by atoms with Gasteiger partial charge in [0.15, 0.2) is 0 Å². The number of carbonyl (C=O) groups is 1. The van der Waals surface area contributed by atoms with E-state index >= 15 is 0 Å². The van der Waals surface area contributed by atoms with E-state index in [1.54, 1.807) is 24.4 Å². The number of nitrogens with one attached hydrogen (secondary N) is 1. The largest absolute Gasteiger partial charge is 0.399 e. The Morgan fingerprint density at radius 2 is 1.90 bits per heavy atom. The summed E-state index contributed by atoms with van der Waals surface area (Å²) in [4.78, 5) is 15.8. The van der Waals surface area contributed by atoms with Gasteiger partial charge in [-0.05, 0) is 42.5 Å². The zero-order valence-corrected chi connectivity index (χ0v) is 11.2. The van der Waals surface area contributed by atoms with E-state index in [0.29, 0.717) is 16.9 Å². The zero-order chi connectivity index (χ0) is 14.8. The molecule has 104 valence electrons. The van der Waals surface area contributed by atoms with Gasteiger partial charge in [0.05, 0.1) is 16.8 Å². The fourth-order valence-electron chi connectivity index (χ4n) is 2.23. The van der Waals surface area contributed by atoms with Gasteiger partial charge < -0.3 is 16.8 Å². The molecular weight excluding hydrogens is 264 g/mol. The monoisotopic (exact) mass is 278 g/mol. The molecule has 0 spiro atoms. The molecule has 0 unspecified atom stereocenters. The molecule has 3 rings (SSSR count). The summed E-state index contributed by atoms with van der Waals surface area (Å²) < 4.78 is 0. The second kappa shape index (κ2) is 5.13. The van der Waals surface area contributed by atoms with Crippen molar-refractivity contribution in [1.29, 1.82) is 0 Å². The number of nitrogens with zero attached hydrogens (tertiary/aromatic N) is 1. The van der Waals surface area contributed by atoms with Gasteiger partial charge in [-0.25, -0.2) is 0 Å². The summed E-state index contributed by atoms with van der Waals surface area (Å²) in [5, 5.41) is 4.19. The highest BCUT2D eigenvalue weighted by Gasteiger charge is 2.10. The Labute approximate surface area is 121 Å². The van der Waals surface area contributed by atoms with Crippen molar-refractivity contribution in [3.05, 3.63) is 60.3 Å². The molecule has 0 bridgehead atoms. The minimum atomic E-state index is -0.525. The highest BCUT2D eigenvalue weighted by Crippen LogP contribution is 2.27. The van der Waals surface area contributed by atoms with Crippen molar-refractivity contribution in [2.45, 2.75) is 0 Å². The molecule has 0 aliphatic carbocycles. The quantitative estimate of drug-likeness (QED) is 0.642. The van der Waals surface area contributed by atoms with E-state index in [1.165, 1.54) is 0 Å². The summed E-state index contributed by atoms with van der Waals surface area (Å²) in [5.74, 6) is -0.525. The number of nitrogens with two attached hydrogens (primary N) is 2. The molecule has 5 N–H and O–H groups in total. The van der Waals surface area contributed by atoms with Crippen LogP contribution in [0, 0.1) is 0 Å². The van der Waals surface area contributed by atoms with Gasteiger partial charge >= 0.3 is 0 Å².